The van der Waals surface area contributed by atoms with E-state index in [0.717, 1.165) is 21.9 Å². The number of aromatic nitrogens is 4. The number of amides is 1. The van der Waals surface area contributed by atoms with E-state index in [4.69, 9.17) is 16.0 Å². The van der Waals surface area contributed by atoms with Gasteiger partial charge in [-0.2, -0.15) is 0 Å². The highest BCUT2D eigenvalue weighted by Gasteiger charge is 2.15. The van der Waals surface area contributed by atoms with Crippen molar-refractivity contribution in [2.75, 3.05) is 5.75 Å². The number of hydrogen-bond donors (Lipinski definition) is 2. The van der Waals surface area contributed by atoms with Crippen molar-refractivity contribution in [2.24, 2.45) is 7.05 Å². The average molecular weight is 436 g/mol. The van der Waals surface area contributed by atoms with Gasteiger partial charge in [0.05, 0.1) is 12.2 Å². The van der Waals surface area contributed by atoms with E-state index in [1.807, 2.05) is 18.2 Å². The Labute approximate surface area is 174 Å². The van der Waals surface area contributed by atoms with Crippen molar-refractivity contribution in [3.8, 4) is 0 Å². The predicted molar refractivity (Wildman–Crippen MR) is 108 cm³/mol. The molecule has 0 fully saturated rings. The summed E-state index contributed by atoms with van der Waals surface area (Å²) in [6.07, 6.45) is 0.0849. The Hall–Kier alpha value is -2.85. The highest BCUT2D eigenvalue weighted by Crippen LogP contribution is 2.18. The Balaban J connectivity index is 1.56. The maximum Gasteiger partial charge on any atom is 0.328 e. The van der Waals surface area contributed by atoms with E-state index in [1.165, 1.54) is 7.05 Å². The van der Waals surface area contributed by atoms with Gasteiger partial charge in [0.15, 0.2) is 0 Å². The molecule has 3 rings (SSSR count). The van der Waals surface area contributed by atoms with Gasteiger partial charge in [-0.25, -0.2) is 4.79 Å². The molecule has 0 bridgehead atoms. The first-order chi connectivity index (χ1) is 13.8. The summed E-state index contributed by atoms with van der Waals surface area (Å²) in [5, 5.41) is 11.4. The maximum absolute atomic E-state index is 12.2. The van der Waals surface area contributed by atoms with Gasteiger partial charge in [-0.1, -0.05) is 41.6 Å². The first kappa shape index (κ1) is 20.9. The normalized spacial score (nSPS) is 10.9. The molecule has 2 heterocycles. The molecule has 0 aliphatic carbocycles. The molecule has 2 aromatic heterocycles. The number of thioether (sulfide) groups is 1. The molecule has 0 aliphatic heterocycles. The lowest BCUT2D eigenvalue weighted by Crippen LogP contribution is -2.36. The number of benzene rings is 1. The Morgan fingerprint density at radius 3 is 2.83 bits per heavy atom. The Morgan fingerprint density at radius 1 is 1.31 bits per heavy atom. The third kappa shape index (κ3) is 5.15. The summed E-state index contributed by atoms with van der Waals surface area (Å²) in [5.41, 5.74) is 0.734. The second kappa shape index (κ2) is 9.10. The molecule has 0 saturated carbocycles. The Morgan fingerprint density at radius 2 is 2.07 bits per heavy atom. The van der Waals surface area contributed by atoms with Crippen molar-refractivity contribution in [3.05, 3.63) is 72.8 Å². The number of aryl methyl sites for hydroxylation is 1. The first-order valence-electron chi connectivity index (χ1n) is 8.59. The van der Waals surface area contributed by atoms with E-state index in [9.17, 15) is 14.4 Å². The predicted octanol–water partition coefficient (Wildman–Crippen LogP) is 1.42. The molecule has 1 amide bonds. The van der Waals surface area contributed by atoms with Crippen LogP contribution in [0, 0.1) is 6.92 Å². The van der Waals surface area contributed by atoms with Gasteiger partial charge in [-0.05, 0) is 18.6 Å². The summed E-state index contributed by atoms with van der Waals surface area (Å²) in [6, 6.07) is 7.26. The minimum absolute atomic E-state index is 0.0849. The minimum atomic E-state index is -0.485. The van der Waals surface area contributed by atoms with Crippen LogP contribution in [0.25, 0.3) is 0 Å². The van der Waals surface area contributed by atoms with Gasteiger partial charge in [0.2, 0.25) is 11.8 Å². The number of H-pyrrole nitrogens is 1. The molecule has 0 saturated heterocycles. The van der Waals surface area contributed by atoms with Crippen LogP contribution in [0.2, 0.25) is 5.02 Å². The highest BCUT2D eigenvalue weighted by molar-refractivity contribution is 7.99. The number of nitrogens with one attached hydrogen (secondary N) is 2. The lowest BCUT2D eigenvalue weighted by molar-refractivity contribution is -0.118. The van der Waals surface area contributed by atoms with Gasteiger partial charge < -0.3 is 14.7 Å². The van der Waals surface area contributed by atoms with Crippen LogP contribution in [-0.4, -0.2) is 31.4 Å². The fourth-order valence-corrected chi connectivity index (χ4v) is 3.33. The Kier molecular flexibility index (Phi) is 6.55. The van der Waals surface area contributed by atoms with Crippen LogP contribution in [0.4, 0.5) is 0 Å². The molecule has 2 N–H and O–H groups in total. The number of rotatable bonds is 7. The monoisotopic (exact) mass is 435 g/mol. The van der Waals surface area contributed by atoms with E-state index in [0.29, 0.717) is 22.8 Å². The lowest BCUT2D eigenvalue weighted by atomic mass is 10.2. The van der Waals surface area contributed by atoms with Crippen molar-refractivity contribution in [1.82, 2.24) is 25.1 Å². The van der Waals surface area contributed by atoms with Gasteiger partial charge in [-0.3, -0.25) is 14.2 Å². The molecule has 152 valence electrons. The molecule has 0 spiro atoms. The molecule has 9 nitrogen and oxygen atoms in total. The third-order valence-corrected chi connectivity index (χ3v) is 5.34. The molecule has 0 atom stereocenters. The number of hydrogen-bond acceptors (Lipinski definition) is 7. The van der Waals surface area contributed by atoms with E-state index >= 15 is 0 Å². The van der Waals surface area contributed by atoms with Crippen LogP contribution >= 0.6 is 23.4 Å². The quantitative estimate of drug-likeness (QED) is 0.538. The molecular formula is C18H18ClN5O4S. The number of nitrogens with zero attached hydrogens (tertiary/aromatic N) is 3. The fraction of sp³-hybridized carbons (Fsp3) is 0.278. The van der Waals surface area contributed by atoms with Crippen LogP contribution in [0.1, 0.15) is 22.7 Å². The first-order valence-corrected chi connectivity index (χ1v) is 9.95. The van der Waals surface area contributed by atoms with Crippen molar-refractivity contribution in [1.29, 1.82) is 0 Å². The van der Waals surface area contributed by atoms with Gasteiger partial charge in [0, 0.05) is 29.9 Å². The van der Waals surface area contributed by atoms with Crippen LogP contribution < -0.4 is 16.6 Å². The zero-order valence-corrected chi connectivity index (χ0v) is 17.3. The molecule has 29 heavy (non-hydrogen) atoms. The topological polar surface area (TPSA) is 123 Å². The molecule has 1 aromatic carbocycles. The van der Waals surface area contributed by atoms with Gasteiger partial charge in [0.25, 0.3) is 10.8 Å². The number of halogens is 1. The number of carbonyl (C=O) groups is 1. The third-order valence-electron chi connectivity index (χ3n) is 4.15. The highest BCUT2D eigenvalue weighted by atomic mass is 35.5. The fourth-order valence-electron chi connectivity index (χ4n) is 2.52. The minimum Gasteiger partial charge on any atom is -0.416 e. The lowest BCUT2D eigenvalue weighted by Gasteiger charge is -2.05. The van der Waals surface area contributed by atoms with Crippen molar-refractivity contribution in [3.63, 3.8) is 0 Å². The number of aromatic amines is 1. The summed E-state index contributed by atoms with van der Waals surface area (Å²) < 4.78 is 6.48. The van der Waals surface area contributed by atoms with Crippen molar-refractivity contribution < 1.29 is 9.21 Å². The number of carbonyl (C=O) groups excluding carboxylic acids is 1. The largest absolute Gasteiger partial charge is 0.416 e. The molecule has 0 radical (unpaired) electrons. The van der Waals surface area contributed by atoms with Crippen LogP contribution in [0.5, 0.6) is 0 Å². The van der Waals surface area contributed by atoms with Gasteiger partial charge in [-0.15, -0.1) is 10.2 Å². The second-order valence-electron chi connectivity index (χ2n) is 6.19. The van der Waals surface area contributed by atoms with E-state index in [2.05, 4.69) is 20.5 Å². The zero-order valence-electron chi connectivity index (χ0n) is 15.7. The van der Waals surface area contributed by atoms with Gasteiger partial charge >= 0.3 is 5.69 Å². The second-order valence-corrected chi connectivity index (χ2v) is 7.53. The summed E-state index contributed by atoms with van der Waals surface area (Å²) in [5.74, 6) is 0.0992. The molecule has 0 aliphatic rings. The SMILES string of the molecule is Cc1[nH]c(=O)n(C)c(=O)c1Cc1nnc(SCC(=O)NCc2ccccc2Cl)o1. The summed E-state index contributed by atoms with van der Waals surface area (Å²) in [7, 11) is 1.39. The average Bonchev–Trinajstić information content (AvgIpc) is 3.15. The summed E-state index contributed by atoms with van der Waals surface area (Å²) in [6.45, 7) is 1.95. The van der Waals surface area contributed by atoms with E-state index < -0.39 is 11.2 Å². The van der Waals surface area contributed by atoms with Crippen LogP contribution in [0.3, 0.4) is 0 Å². The van der Waals surface area contributed by atoms with Crippen LogP contribution in [-0.2, 0) is 24.8 Å². The molecular weight excluding hydrogens is 418 g/mol. The van der Waals surface area contributed by atoms with Crippen molar-refractivity contribution >= 4 is 29.3 Å². The Bertz CT molecular complexity index is 1150. The maximum atomic E-state index is 12.2. The smallest absolute Gasteiger partial charge is 0.328 e. The summed E-state index contributed by atoms with van der Waals surface area (Å²) in [4.78, 5) is 38.4. The molecule has 11 heteroatoms. The van der Waals surface area contributed by atoms with Crippen LogP contribution in [0.15, 0.2) is 43.5 Å². The van der Waals surface area contributed by atoms with Gasteiger partial charge in [0.1, 0.15) is 0 Å². The zero-order chi connectivity index (χ0) is 21.0. The van der Waals surface area contributed by atoms with E-state index in [-0.39, 0.29) is 29.2 Å². The standard InChI is InChI=1S/C18H18ClN5O4S/c1-10-12(16(26)24(2)17(27)21-10)7-15-22-23-18(28-15)29-9-14(25)20-8-11-5-3-4-6-13(11)19/h3-6H,7-9H2,1-2H3,(H,20,25)(H,21,27). The summed E-state index contributed by atoms with van der Waals surface area (Å²) >= 11 is 7.14. The van der Waals surface area contributed by atoms with Crippen molar-refractivity contribution in [2.45, 2.75) is 25.1 Å². The van der Waals surface area contributed by atoms with E-state index in [1.54, 1.807) is 13.0 Å². The molecule has 0 unspecified atom stereocenters. The molecule has 3 aromatic rings.